The van der Waals surface area contributed by atoms with E-state index < -0.39 is 0 Å². The summed E-state index contributed by atoms with van der Waals surface area (Å²) in [4.78, 5) is 14.0. The first-order chi connectivity index (χ1) is 11.5. The standard InChI is InChI=1S/C19H31N3O2/c1-14(2)21-19(24)8-11-20-15(3)16-4-6-17(7-5-16)22-12-9-18(23)10-13-22/h4-7,14-15,18,20,23H,8-13H2,1-3H3,(H,21,24). The summed E-state index contributed by atoms with van der Waals surface area (Å²) in [5.74, 6) is 0.0901. The number of nitrogens with zero attached hydrogens (tertiary/aromatic N) is 1. The molecular formula is C19H31N3O2. The summed E-state index contributed by atoms with van der Waals surface area (Å²) in [6.45, 7) is 8.56. The van der Waals surface area contributed by atoms with Crippen molar-refractivity contribution >= 4 is 11.6 Å². The number of carbonyl (C=O) groups is 1. The molecule has 0 aromatic heterocycles. The second kappa shape index (κ2) is 9.04. The van der Waals surface area contributed by atoms with E-state index in [2.05, 4.69) is 46.7 Å². The highest BCUT2D eigenvalue weighted by atomic mass is 16.3. The van der Waals surface area contributed by atoms with Gasteiger partial charge in [-0.25, -0.2) is 0 Å². The summed E-state index contributed by atoms with van der Waals surface area (Å²) in [5.41, 5.74) is 2.44. The summed E-state index contributed by atoms with van der Waals surface area (Å²) in [6.07, 6.45) is 2.05. The highest BCUT2D eigenvalue weighted by Crippen LogP contribution is 2.22. The second-order valence-electron chi connectivity index (χ2n) is 6.96. The number of hydrogen-bond donors (Lipinski definition) is 3. The Kier molecular flexibility index (Phi) is 7.06. The molecule has 0 spiro atoms. The Morgan fingerprint density at radius 3 is 2.42 bits per heavy atom. The highest BCUT2D eigenvalue weighted by Gasteiger charge is 2.17. The molecule has 0 saturated carbocycles. The van der Waals surface area contributed by atoms with Crippen LogP contribution in [-0.4, -0.2) is 42.8 Å². The Hall–Kier alpha value is -1.59. The van der Waals surface area contributed by atoms with E-state index in [4.69, 9.17) is 0 Å². The summed E-state index contributed by atoms with van der Waals surface area (Å²) >= 11 is 0. The van der Waals surface area contributed by atoms with Crippen LogP contribution in [0.4, 0.5) is 5.69 Å². The highest BCUT2D eigenvalue weighted by molar-refractivity contribution is 5.76. The average Bonchev–Trinajstić information content (AvgIpc) is 2.55. The molecule has 2 rings (SSSR count). The molecule has 3 N–H and O–H groups in total. The molecule has 5 nitrogen and oxygen atoms in total. The van der Waals surface area contributed by atoms with Crippen LogP contribution in [0, 0.1) is 0 Å². The summed E-state index contributed by atoms with van der Waals surface area (Å²) in [5, 5.41) is 15.9. The van der Waals surface area contributed by atoms with Gasteiger partial charge < -0.3 is 20.6 Å². The Morgan fingerprint density at radius 1 is 1.21 bits per heavy atom. The molecule has 1 aliphatic rings. The lowest BCUT2D eigenvalue weighted by Crippen LogP contribution is -2.35. The zero-order valence-electron chi connectivity index (χ0n) is 15.1. The Labute approximate surface area is 145 Å². The van der Waals surface area contributed by atoms with E-state index in [0.717, 1.165) is 25.9 Å². The number of aliphatic hydroxyl groups excluding tert-OH is 1. The van der Waals surface area contributed by atoms with Crippen LogP contribution >= 0.6 is 0 Å². The number of amides is 1. The van der Waals surface area contributed by atoms with Gasteiger partial charge in [0.05, 0.1) is 6.10 Å². The number of piperidine rings is 1. The van der Waals surface area contributed by atoms with Gasteiger partial charge in [-0.1, -0.05) is 12.1 Å². The van der Waals surface area contributed by atoms with Gasteiger partial charge in [0.15, 0.2) is 0 Å². The van der Waals surface area contributed by atoms with Gasteiger partial charge in [0, 0.05) is 43.8 Å². The minimum Gasteiger partial charge on any atom is -0.393 e. The molecule has 1 saturated heterocycles. The van der Waals surface area contributed by atoms with Crippen molar-refractivity contribution < 1.29 is 9.90 Å². The van der Waals surface area contributed by atoms with Crippen LogP contribution in [0.25, 0.3) is 0 Å². The van der Waals surface area contributed by atoms with Gasteiger partial charge >= 0.3 is 0 Å². The first-order valence-corrected chi connectivity index (χ1v) is 9.01. The molecule has 134 valence electrons. The fourth-order valence-electron chi connectivity index (χ4n) is 3.01. The van der Waals surface area contributed by atoms with Gasteiger partial charge in [0.25, 0.3) is 0 Å². The van der Waals surface area contributed by atoms with Crippen LogP contribution in [0.15, 0.2) is 24.3 Å². The summed E-state index contributed by atoms with van der Waals surface area (Å²) in [6, 6.07) is 9.00. The smallest absolute Gasteiger partial charge is 0.221 e. The molecule has 1 aromatic carbocycles. The zero-order chi connectivity index (χ0) is 17.5. The average molecular weight is 333 g/mol. The van der Waals surface area contributed by atoms with E-state index in [1.807, 2.05) is 13.8 Å². The number of anilines is 1. The lowest BCUT2D eigenvalue weighted by molar-refractivity contribution is -0.121. The maximum absolute atomic E-state index is 11.6. The maximum Gasteiger partial charge on any atom is 0.221 e. The number of benzene rings is 1. The van der Waals surface area contributed by atoms with Gasteiger partial charge in [-0.05, 0) is 51.3 Å². The van der Waals surface area contributed by atoms with Crippen molar-refractivity contribution in [2.45, 2.75) is 58.2 Å². The summed E-state index contributed by atoms with van der Waals surface area (Å²) < 4.78 is 0. The van der Waals surface area contributed by atoms with E-state index >= 15 is 0 Å². The van der Waals surface area contributed by atoms with Crippen molar-refractivity contribution in [1.29, 1.82) is 0 Å². The Bertz CT molecular complexity index is 508. The number of carbonyl (C=O) groups excluding carboxylic acids is 1. The molecule has 0 bridgehead atoms. The van der Waals surface area contributed by atoms with Gasteiger partial charge in [0.1, 0.15) is 0 Å². The molecule has 0 radical (unpaired) electrons. The maximum atomic E-state index is 11.6. The van der Waals surface area contributed by atoms with Gasteiger partial charge in [0.2, 0.25) is 5.91 Å². The van der Waals surface area contributed by atoms with Crippen molar-refractivity contribution in [3.05, 3.63) is 29.8 Å². The van der Waals surface area contributed by atoms with E-state index in [0.29, 0.717) is 13.0 Å². The molecule has 1 unspecified atom stereocenters. The number of rotatable bonds is 7. The predicted molar refractivity (Wildman–Crippen MR) is 98.2 cm³/mol. The largest absolute Gasteiger partial charge is 0.393 e. The van der Waals surface area contributed by atoms with Crippen LogP contribution < -0.4 is 15.5 Å². The van der Waals surface area contributed by atoms with Crippen LogP contribution in [0.2, 0.25) is 0 Å². The van der Waals surface area contributed by atoms with Crippen molar-refractivity contribution in [3.8, 4) is 0 Å². The molecule has 1 amide bonds. The van der Waals surface area contributed by atoms with Gasteiger partial charge in [-0.15, -0.1) is 0 Å². The molecule has 1 heterocycles. The van der Waals surface area contributed by atoms with Crippen LogP contribution in [-0.2, 0) is 4.79 Å². The van der Waals surface area contributed by atoms with E-state index in [-0.39, 0.29) is 24.1 Å². The van der Waals surface area contributed by atoms with Crippen molar-refractivity contribution in [2.24, 2.45) is 0 Å². The minimum absolute atomic E-state index is 0.0901. The van der Waals surface area contributed by atoms with Crippen molar-refractivity contribution in [2.75, 3.05) is 24.5 Å². The van der Waals surface area contributed by atoms with Crippen molar-refractivity contribution in [3.63, 3.8) is 0 Å². The van der Waals surface area contributed by atoms with E-state index in [1.165, 1.54) is 11.3 Å². The first-order valence-electron chi connectivity index (χ1n) is 9.01. The van der Waals surface area contributed by atoms with Crippen molar-refractivity contribution in [1.82, 2.24) is 10.6 Å². The third-order valence-electron chi connectivity index (χ3n) is 4.47. The fraction of sp³-hybridized carbons (Fsp3) is 0.632. The first kappa shape index (κ1) is 18.7. The minimum atomic E-state index is -0.141. The number of aliphatic hydroxyl groups is 1. The Balaban J connectivity index is 1.78. The summed E-state index contributed by atoms with van der Waals surface area (Å²) in [7, 11) is 0. The lowest BCUT2D eigenvalue weighted by atomic mass is 10.0. The third-order valence-corrected chi connectivity index (χ3v) is 4.47. The third kappa shape index (κ3) is 5.80. The molecule has 1 aliphatic heterocycles. The molecular weight excluding hydrogens is 302 g/mol. The molecule has 0 aliphatic carbocycles. The van der Waals surface area contributed by atoms with E-state index in [9.17, 15) is 9.90 Å². The normalized spacial score (nSPS) is 17.1. The molecule has 1 fully saturated rings. The molecule has 5 heteroatoms. The topological polar surface area (TPSA) is 64.6 Å². The molecule has 1 aromatic rings. The quantitative estimate of drug-likeness (QED) is 0.716. The molecule has 24 heavy (non-hydrogen) atoms. The van der Waals surface area contributed by atoms with Gasteiger partial charge in [-0.2, -0.15) is 0 Å². The number of hydrogen-bond acceptors (Lipinski definition) is 4. The fourth-order valence-corrected chi connectivity index (χ4v) is 3.01. The number of nitrogens with one attached hydrogen (secondary N) is 2. The second-order valence-corrected chi connectivity index (χ2v) is 6.96. The van der Waals surface area contributed by atoms with Crippen LogP contribution in [0.3, 0.4) is 0 Å². The SMILES string of the molecule is CC(C)NC(=O)CCNC(C)c1ccc(N2CCC(O)CC2)cc1. The van der Waals surface area contributed by atoms with E-state index in [1.54, 1.807) is 0 Å². The molecule has 1 atom stereocenters. The monoisotopic (exact) mass is 333 g/mol. The lowest BCUT2D eigenvalue weighted by Gasteiger charge is -2.31. The van der Waals surface area contributed by atoms with Crippen LogP contribution in [0.5, 0.6) is 0 Å². The Morgan fingerprint density at radius 2 is 1.83 bits per heavy atom. The zero-order valence-corrected chi connectivity index (χ0v) is 15.1. The predicted octanol–water partition coefficient (Wildman–Crippen LogP) is 2.21. The van der Waals surface area contributed by atoms with Gasteiger partial charge in [-0.3, -0.25) is 4.79 Å². The van der Waals surface area contributed by atoms with Crippen LogP contribution in [0.1, 0.15) is 51.6 Å².